The van der Waals surface area contributed by atoms with Crippen LogP contribution in [0.3, 0.4) is 0 Å². The van der Waals surface area contributed by atoms with Crippen molar-refractivity contribution in [3.63, 3.8) is 0 Å². The number of ether oxygens (including phenoxy) is 4. The summed E-state index contributed by atoms with van der Waals surface area (Å²) in [4.78, 5) is 0. The van der Waals surface area contributed by atoms with Crippen molar-refractivity contribution < 1.29 is 28.0 Å². The van der Waals surface area contributed by atoms with Crippen molar-refractivity contribution in [1.82, 2.24) is 4.67 Å². The van der Waals surface area contributed by atoms with Crippen LogP contribution in [0.25, 0.3) is 0 Å². The summed E-state index contributed by atoms with van der Waals surface area (Å²) >= 11 is 0. The van der Waals surface area contributed by atoms with Crippen LogP contribution in [-0.2, 0) is 24.1 Å². The van der Waals surface area contributed by atoms with Crippen LogP contribution in [0.2, 0.25) is 0 Å². The fourth-order valence-electron chi connectivity index (χ4n) is 5.63. The zero-order valence-electron chi connectivity index (χ0n) is 26.6. The summed E-state index contributed by atoms with van der Waals surface area (Å²) in [5.74, 6) is 1.54. The molecule has 1 aliphatic heterocycles. The first-order valence-corrected chi connectivity index (χ1v) is 16.3. The molecule has 1 heterocycles. The maximum Gasteiger partial charge on any atom is 0.259 e. The minimum Gasteiger partial charge on any atom is -0.497 e. The molecule has 0 bridgehead atoms. The molecule has 0 radical (unpaired) electrons. The quantitative estimate of drug-likeness (QED) is 0.0927. The van der Waals surface area contributed by atoms with Crippen LogP contribution in [0.15, 0.2) is 78.9 Å². The standard InChI is InChI=1S/C35H45N2O6P/c1-26(2)37(27(3)4)44(41-23-10-22-36)42-25-34-33(21-24-40-34)43-35(28-11-8-7-9-12-28,29-13-17-31(38-5)18-14-29)30-15-19-32(39-6)20-16-30/h7-9,11-20,26-27,33-34H,10,21,23-25H2,1-6H3/t33-,34+,44?/m0/s1. The molecule has 0 aromatic heterocycles. The molecule has 1 unspecified atom stereocenters. The van der Waals surface area contributed by atoms with Gasteiger partial charge in [-0.15, -0.1) is 0 Å². The molecule has 4 rings (SSSR count). The van der Waals surface area contributed by atoms with Crippen LogP contribution in [0.1, 0.15) is 57.2 Å². The summed E-state index contributed by atoms with van der Waals surface area (Å²) in [6, 6.07) is 28.9. The van der Waals surface area contributed by atoms with Crippen molar-refractivity contribution in [2.45, 2.75) is 70.4 Å². The molecule has 236 valence electrons. The van der Waals surface area contributed by atoms with Gasteiger partial charge in [-0.3, -0.25) is 0 Å². The zero-order chi connectivity index (χ0) is 31.5. The first kappa shape index (κ1) is 33.9. The van der Waals surface area contributed by atoms with Crippen molar-refractivity contribution in [2.75, 3.05) is 34.0 Å². The minimum atomic E-state index is -1.41. The van der Waals surface area contributed by atoms with E-state index in [0.29, 0.717) is 32.7 Å². The lowest BCUT2D eigenvalue weighted by atomic mass is 9.79. The molecular formula is C35H45N2O6P. The Balaban J connectivity index is 1.71. The van der Waals surface area contributed by atoms with Crippen LogP contribution < -0.4 is 9.47 Å². The summed E-state index contributed by atoms with van der Waals surface area (Å²) in [6.07, 6.45) is 0.420. The van der Waals surface area contributed by atoms with Crippen molar-refractivity contribution in [2.24, 2.45) is 0 Å². The Morgan fingerprint density at radius 2 is 1.39 bits per heavy atom. The van der Waals surface area contributed by atoms with E-state index in [1.165, 1.54) is 0 Å². The zero-order valence-corrected chi connectivity index (χ0v) is 27.5. The van der Waals surface area contributed by atoms with Gasteiger partial charge in [0, 0.05) is 18.7 Å². The van der Waals surface area contributed by atoms with E-state index in [0.717, 1.165) is 28.2 Å². The lowest BCUT2D eigenvalue weighted by Crippen LogP contribution is -2.41. The molecule has 44 heavy (non-hydrogen) atoms. The van der Waals surface area contributed by atoms with Gasteiger partial charge in [0.25, 0.3) is 8.53 Å². The topological polar surface area (TPSA) is 82.4 Å². The Labute approximate surface area is 263 Å². The van der Waals surface area contributed by atoms with Crippen molar-refractivity contribution >= 4 is 8.53 Å². The van der Waals surface area contributed by atoms with Gasteiger partial charge in [0.2, 0.25) is 0 Å². The Hall–Kier alpha value is -3.02. The second kappa shape index (κ2) is 16.3. The van der Waals surface area contributed by atoms with E-state index in [-0.39, 0.29) is 24.3 Å². The predicted octanol–water partition coefficient (Wildman–Crippen LogP) is 7.46. The second-order valence-corrected chi connectivity index (χ2v) is 12.7. The molecule has 0 N–H and O–H groups in total. The number of benzene rings is 3. The maximum absolute atomic E-state index is 9.09. The highest BCUT2D eigenvalue weighted by Gasteiger charge is 2.44. The first-order valence-electron chi connectivity index (χ1n) is 15.2. The predicted molar refractivity (Wildman–Crippen MR) is 173 cm³/mol. The van der Waals surface area contributed by atoms with Crippen LogP contribution in [0.5, 0.6) is 11.5 Å². The van der Waals surface area contributed by atoms with E-state index in [1.54, 1.807) is 14.2 Å². The lowest BCUT2D eigenvalue weighted by Gasteiger charge is -2.40. The van der Waals surface area contributed by atoms with Gasteiger partial charge in [0.1, 0.15) is 23.2 Å². The summed E-state index contributed by atoms with van der Waals surface area (Å²) in [6.45, 7) is 9.68. The molecule has 8 nitrogen and oxygen atoms in total. The molecular weight excluding hydrogens is 575 g/mol. The van der Waals surface area contributed by atoms with Gasteiger partial charge in [-0.05, 0) is 75.1 Å². The van der Waals surface area contributed by atoms with E-state index in [1.807, 2.05) is 42.5 Å². The number of nitriles is 1. The smallest absolute Gasteiger partial charge is 0.259 e. The van der Waals surface area contributed by atoms with E-state index in [4.69, 9.17) is 33.3 Å². The molecule has 1 fully saturated rings. The van der Waals surface area contributed by atoms with Crippen LogP contribution in [-0.4, -0.2) is 63.0 Å². The van der Waals surface area contributed by atoms with Gasteiger partial charge in [-0.1, -0.05) is 54.6 Å². The molecule has 9 heteroatoms. The Bertz CT molecular complexity index is 1260. The molecule has 0 aliphatic carbocycles. The molecule has 1 aliphatic rings. The second-order valence-electron chi connectivity index (χ2n) is 11.2. The van der Waals surface area contributed by atoms with E-state index in [9.17, 15) is 0 Å². The van der Waals surface area contributed by atoms with Crippen LogP contribution >= 0.6 is 8.53 Å². The fraction of sp³-hybridized carbons (Fsp3) is 0.457. The molecule has 1 saturated heterocycles. The molecule has 0 amide bonds. The highest BCUT2D eigenvalue weighted by atomic mass is 31.2. The largest absolute Gasteiger partial charge is 0.497 e. The highest BCUT2D eigenvalue weighted by molar-refractivity contribution is 7.44. The van der Waals surface area contributed by atoms with Gasteiger partial charge in [-0.25, -0.2) is 4.67 Å². The maximum atomic E-state index is 9.09. The minimum absolute atomic E-state index is 0.204. The fourth-order valence-corrected chi connectivity index (χ4v) is 7.24. The summed E-state index contributed by atoms with van der Waals surface area (Å²) in [5.41, 5.74) is 1.98. The third kappa shape index (κ3) is 7.97. The molecule has 0 spiro atoms. The van der Waals surface area contributed by atoms with Crippen molar-refractivity contribution in [3.8, 4) is 17.6 Å². The summed E-state index contributed by atoms with van der Waals surface area (Å²) in [5, 5.41) is 9.09. The average Bonchev–Trinajstić information content (AvgIpc) is 3.49. The number of rotatable bonds is 16. The number of nitrogens with zero attached hydrogens (tertiary/aromatic N) is 2. The van der Waals surface area contributed by atoms with Gasteiger partial charge < -0.3 is 28.0 Å². The normalized spacial score (nSPS) is 17.6. The Morgan fingerprint density at radius 3 is 1.89 bits per heavy atom. The monoisotopic (exact) mass is 620 g/mol. The first-order chi connectivity index (χ1) is 21.3. The lowest BCUT2D eigenvalue weighted by molar-refractivity contribution is -0.0882. The van der Waals surface area contributed by atoms with Crippen LogP contribution in [0, 0.1) is 11.3 Å². The number of hydrogen-bond acceptors (Lipinski definition) is 8. The highest BCUT2D eigenvalue weighted by Crippen LogP contribution is 2.48. The number of methoxy groups -OCH3 is 2. The van der Waals surface area contributed by atoms with E-state index in [2.05, 4.69) is 74.8 Å². The van der Waals surface area contributed by atoms with Gasteiger partial charge >= 0.3 is 0 Å². The average molecular weight is 621 g/mol. The summed E-state index contributed by atoms with van der Waals surface area (Å²) in [7, 11) is 1.92. The van der Waals surface area contributed by atoms with Gasteiger partial charge in [0.05, 0.1) is 46.0 Å². The third-order valence-corrected chi connectivity index (χ3v) is 9.74. The van der Waals surface area contributed by atoms with Gasteiger partial charge in [-0.2, -0.15) is 5.26 Å². The van der Waals surface area contributed by atoms with Crippen molar-refractivity contribution in [3.05, 3.63) is 95.6 Å². The molecule has 0 saturated carbocycles. The summed E-state index contributed by atoms with van der Waals surface area (Å²) < 4.78 is 39.4. The van der Waals surface area contributed by atoms with Crippen LogP contribution in [0.4, 0.5) is 0 Å². The third-order valence-electron chi connectivity index (χ3n) is 7.66. The Kier molecular flexibility index (Phi) is 12.6. The molecule has 3 atom stereocenters. The molecule has 3 aromatic rings. The number of hydrogen-bond donors (Lipinski definition) is 0. The van der Waals surface area contributed by atoms with E-state index < -0.39 is 14.1 Å². The Morgan fingerprint density at radius 1 is 0.841 bits per heavy atom. The van der Waals surface area contributed by atoms with Gasteiger partial charge in [0.15, 0.2) is 0 Å². The molecule has 3 aromatic carbocycles. The van der Waals surface area contributed by atoms with Crippen molar-refractivity contribution in [1.29, 1.82) is 5.26 Å². The SMILES string of the molecule is COc1ccc(C(O[C@H]2CCO[C@@H]2COP(OCCC#N)N(C(C)C)C(C)C)(c2ccccc2)c2ccc(OC)cc2)cc1. The van der Waals surface area contributed by atoms with E-state index >= 15 is 0 Å².